The third-order valence-electron chi connectivity index (χ3n) is 3.67. The number of aromatic nitrogens is 2. The van der Waals surface area contributed by atoms with E-state index in [1.807, 2.05) is 12.3 Å². The number of nitrogens with two attached hydrogens (primary N) is 1. The number of morpholine rings is 1. The molecule has 0 saturated carbocycles. The lowest BCUT2D eigenvalue weighted by atomic mass is 10.3. The molecule has 0 atom stereocenters. The topological polar surface area (TPSA) is 55.8 Å². The molecule has 1 aliphatic heterocycles. The van der Waals surface area contributed by atoms with Crippen molar-refractivity contribution in [3.63, 3.8) is 0 Å². The van der Waals surface area contributed by atoms with Crippen LogP contribution in [0.15, 0.2) is 24.4 Å². The first-order valence-electron chi connectivity index (χ1n) is 6.83. The lowest BCUT2D eigenvalue weighted by molar-refractivity contribution is 0.0382. The van der Waals surface area contributed by atoms with Gasteiger partial charge >= 0.3 is 0 Å². The molecule has 102 valence electrons. The van der Waals surface area contributed by atoms with Gasteiger partial charge in [0.1, 0.15) is 5.82 Å². The maximum absolute atomic E-state index is 5.81. The zero-order chi connectivity index (χ0) is 13.1. The van der Waals surface area contributed by atoms with E-state index in [1.54, 1.807) is 0 Å². The van der Waals surface area contributed by atoms with E-state index >= 15 is 0 Å². The van der Waals surface area contributed by atoms with E-state index in [2.05, 4.69) is 26.4 Å². The Morgan fingerprint density at radius 2 is 2.11 bits per heavy atom. The number of hydrogen-bond donors (Lipinski definition) is 1. The van der Waals surface area contributed by atoms with Crippen molar-refractivity contribution in [1.82, 2.24) is 14.3 Å². The SMILES string of the molecule is NCc1cccc2cnc(CCN3CCOCC3)n12. The Morgan fingerprint density at radius 1 is 1.26 bits per heavy atom. The fourth-order valence-electron chi connectivity index (χ4n) is 2.61. The van der Waals surface area contributed by atoms with Gasteiger partial charge in [0.25, 0.3) is 0 Å². The summed E-state index contributed by atoms with van der Waals surface area (Å²) in [6, 6.07) is 6.17. The molecule has 0 aliphatic carbocycles. The highest BCUT2D eigenvalue weighted by atomic mass is 16.5. The van der Waals surface area contributed by atoms with E-state index < -0.39 is 0 Å². The molecule has 0 radical (unpaired) electrons. The summed E-state index contributed by atoms with van der Waals surface area (Å²) in [6.07, 6.45) is 2.87. The average Bonchev–Trinajstić information content (AvgIpc) is 2.89. The van der Waals surface area contributed by atoms with Gasteiger partial charge in [-0.05, 0) is 12.1 Å². The van der Waals surface area contributed by atoms with Crippen LogP contribution in [0.1, 0.15) is 11.5 Å². The van der Waals surface area contributed by atoms with Crippen molar-refractivity contribution in [3.8, 4) is 0 Å². The molecule has 0 amide bonds. The first kappa shape index (κ1) is 12.6. The number of pyridine rings is 1. The maximum Gasteiger partial charge on any atom is 0.114 e. The molecule has 0 unspecified atom stereocenters. The summed E-state index contributed by atoms with van der Waals surface area (Å²) in [7, 11) is 0. The third kappa shape index (κ3) is 2.63. The van der Waals surface area contributed by atoms with Gasteiger partial charge in [-0.1, -0.05) is 6.07 Å². The highest BCUT2D eigenvalue weighted by Crippen LogP contribution is 2.12. The van der Waals surface area contributed by atoms with E-state index in [9.17, 15) is 0 Å². The number of imidazole rings is 1. The van der Waals surface area contributed by atoms with Gasteiger partial charge in [-0.3, -0.25) is 9.30 Å². The Kier molecular flexibility index (Phi) is 3.77. The van der Waals surface area contributed by atoms with Crippen LogP contribution in [0.25, 0.3) is 5.52 Å². The summed E-state index contributed by atoms with van der Waals surface area (Å²) in [4.78, 5) is 6.96. The highest BCUT2D eigenvalue weighted by molar-refractivity contribution is 5.47. The van der Waals surface area contributed by atoms with Gasteiger partial charge in [0, 0.05) is 38.3 Å². The number of rotatable bonds is 4. The standard InChI is InChI=1S/C14H20N4O/c15-10-12-2-1-3-13-11-16-14(18(12)13)4-5-17-6-8-19-9-7-17/h1-3,11H,4-10,15H2. The zero-order valence-electron chi connectivity index (χ0n) is 11.1. The van der Waals surface area contributed by atoms with Gasteiger partial charge in [0.05, 0.1) is 24.9 Å². The highest BCUT2D eigenvalue weighted by Gasteiger charge is 2.12. The molecule has 1 saturated heterocycles. The number of nitrogens with zero attached hydrogens (tertiary/aromatic N) is 3. The van der Waals surface area contributed by atoms with E-state index in [4.69, 9.17) is 10.5 Å². The third-order valence-corrected chi connectivity index (χ3v) is 3.67. The molecule has 0 bridgehead atoms. The number of ether oxygens (including phenoxy) is 1. The summed E-state index contributed by atoms with van der Waals surface area (Å²) in [6.45, 7) is 5.30. The largest absolute Gasteiger partial charge is 0.379 e. The first-order chi connectivity index (χ1) is 9.38. The Labute approximate surface area is 113 Å². The van der Waals surface area contributed by atoms with Crippen LogP contribution in [0.2, 0.25) is 0 Å². The fraction of sp³-hybridized carbons (Fsp3) is 0.500. The van der Waals surface area contributed by atoms with Crippen LogP contribution < -0.4 is 5.73 Å². The monoisotopic (exact) mass is 260 g/mol. The van der Waals surface area contributed by atoms with Gasteiger partial charge in [-0.25, -0.2) is 4.98 Å². The van der Waals surface area contributed by atoms with E-state index in [0.29, 0.717) is 6.54 Å². The van der Waals surface area contributed by atoms with E-state index in [1.165, 1.54) is 0 Å². The quantitative estimate of drug-likeness (QED) is 0.878. The van der Waals surface area contributed by atoms with Gasteiger partial charge in [0.15, 0.2) is 0 Å². The van der Waals surface area contributed by atoms with Crippen molar-refractivity contribution >= 4 is 5.52 Å². The Bertz CT molecular complexity index is 545. The van der Waals surface area contributed by atoms with Gasteiger partial charge in [0.2, 0.25) is 0 Å². The molecule has 3 heterocycles. The van der Waals surface area contributed by atoms with Crippen LogP contribution in [0.3, 0.4) is 0 Å². The van der Waals surface area contributed by atoms with E-state index in [0.717, 1.165) is 56.3 Å². The molecular weight excluding hydrogens is 240 g/mol. The van der Waals surface area contributed by atoms with Crippen molar-refractivity contribution in [1.29, 1.82) is 0 Å². The van der Waals surface area contributed by atoms with Crippen molar-refractivity contribution in [2.75, 3.05) is 32.8 Å². The normalized spacial score (nSPS) is 17.1. The van der Waals surface area contributed by atoms with Crippen molar-refractivity contribution < 1.29 is 4.74 Å². The molecular formula is C14H20N4O. The molecule has 3 rings (SSSR count). The van der Waals surface area contributed by atoms with Crippen LogP contribution in [0.5, 0.6) is 0 Å². The van der Waals surface area contributed by atoms with Crippen molar-refractivity contribution in [3.05, 3.63) is 35.9 Å². The number of fused-ring (bicyclic) bond motifs is 1. The second kappa shape index (κ2) is 5.69. The molecule has 19 heavy (non-hydrogen) atoms. The molecule has 5 nitrogen and oxygen atoms in total. The maximum atomic E-state index is 5.81. The Balaban J connectivity index is 1.77. The summed E-state index contributed by atoms with van der Waals surface area (Å²) in [5.41, 5.74) is 8.05. The lowest BCUT2D eigenvalue weighted by Gasteiger charge is -2.26. The lowest BCUT2D eigenvalue weighted by Crippen LogP contribution is -2.37. The van der Waals surface area contributed by atoms with Gasteiger partial charge in [-0.15, -0.1) is 0 Å². The summed E-state index contributed by atoms with van der Waals surface area (Å²) in [5.74, 6) is 1.10. The molecule has 2 aromatic heterocycles. The average molecular weight is 260 g/mol. The van der Waals surface area contributed by atoms with Crippen LogP contribution in [0.4, 0.5) is 0 Å². The molecule has 2 N–H and O–H groups in total. The van der Waals surface area contributed by atoms with Crippen molar-refractivity contribution in [2.24, 2.45) is 5.73 Å². The number of hydrogen-bond acceptors (Lipinski definition) is 4. The molecule has 2 aromatic rings. The minimum atomic E-state index is 0.540. The Morgan fingerprint density at radius 3 is 2.89 bits per heavy atom. The minimum Gasteiger partial charge on any atom is -0.379 e. The predicted molar refractivity (Wildman–Crippen MR) is 74.0 cm³/mol. The summed E-state index contributed by atoms with van der Waals surface area (Å²) < 4.78 is 7.55. The fourth-order valence-corrected chi connectivity index (χ4v) is 2.61. The second-order valence-corrected chi connectivity index (χ2v) is 4.86. The molecule has 1 fully saturated rings. The van der Waals surface area contributed by atoms with Crippen LogP contribution >= 0.6 is 0 Å². The summed E-state index contributed by atoms with van der Waals surface area (Å²) in [5, 5.41) is 0. The van der Waals surface area contributed by atoms with Gasteiger partial charge < -0.3 is 10.5 Å². The van der Waals surface area contributed by atoms with Gasteiger partial charge in [-0.2, -0.15) is 0 Å². The predicted octanol–water partition coefficient (Wildman–Crippen LogP) is 0.668. The van der Waals surface area contributed by atoms with Crippen LogP contribution in [-0.4, -0.2) is 47.1 Å². The molecule has 1 aliphatic rings. The Hall–Kier alpha value is -1.43. The van der Waals surface area contributed by atoms with Crippen LogP contribution in [-0.2, 0) is 17.7 Å². The molecule has 0 aromatic carbocycles. The smallest absolute Gasteiger partial charge is 0.114 e. The van der Waals surface area contributed by atoms with E-state index in [-0.39, 0.29) is 0 Å². The molecule has 5 heteroatoms. The minimum absolute atomic E-state index is 0.540. The van der Waals surface area contributed by atoms with Crippen LogP contribution in [0, 0.1) is 0 Å². The first-order valence-corrected chi connectivity index (χ1v) is 6.83. The van der Waals surface area contributed by atoms with Crippen molar-refractivity contribution in [2.45, 2.75) is 13.0 Å². The summed E-state index contributed by atoms with van der Waals surface area (Å²) >= 11 is 0. The zero-order valence-corrected chi connectivity index (χ0v) is 11.1. The molecule has 0 spiro atoms. The second-order valence-electron chi connectivity index (χ2n) is 4.86.